The Hall–Kier alpha value is -0.730. The van der Waals surface area contributed by atoms with Crippen LogP contribution >= 0.6 is 0 Å². The number of allylic oxidation sites excluding steroid dienone is 4. The van der Waals surface area contributed by atoms with Gasteiger partial charge in [0.05, 0.1) is 55.4 Å². The summed E-state index contributed by atoms with van der Waals surface area (Å²) >= 11 is 0. The van der Waals surface area contributed by atoms with Crippen molar-refractivity contribution >= 4 is 10.4 Å². The molecule has 0 unspecified atom stereocenters. The van der Waals surface area contributed by atoms with Crippen LogP contribution in [0.15, 0.2) is 24.3 Å². The summed E-state index contributed by atoms with van der Waals surface area (Å²) in [6, 6.07) is 0. The van der Waals surface area contributed by atoms with E-state index in [1.165, 1.54) is 193 Å². The molecule has 0 bridgehead atoms. The van der Waals surface area contributed by atoms with Gasteiger partial charge >= 0.3 is 0 Å². The Bertz CT molecular complexity index is 738. The van der Waals surface area contributed by atoms with Crippen molar-refractivity contribution in [3.63, 3.8) is 0 Å². The first-order chi connectivity index (χ1) is 23.1. The molecule has 6 nitrogen and oxygen atoms in total. The third-order valence-electron chi connectivity index (χ3n) is 8.68. The van der Waals surface area contributed by atoms with Gasteiger partial charge in [-0.2, -0.15) is 0 Å². The second-order valence-corrected chi connectivity index (χ2v) is 17.1. The number of nitrogens with zero attached hydrogens (tertiary/aromatic N) is 2. The third kappa shape index (κ3) is 69.7. The number of hydrogen-bond acceptors (Lipinski definition) is 4. The number of quaternary nitrogens is 2. The average Bonchev–Trinajstić information content (AvgIpc) is 2.99. The third-order valence-corrected chi connectivity index (χ3v) is 8.68. The zero-order valence-corrected chi connectivity index (χ0v) is 35.3. The average molecular weight is 717 g/mol. The molecule has 0 aliphatic heterocycles. The maximum atomic E-state index is 8.52. The fourth-order valence-corrected chi connectivity index (χ4v) is 5.67. The Morgan fingerprint density at radius 3 is 0.755 bits per heavy atom. The molecule has 0 aromatic rings. The molecular weight excluding hydrogens is 629 g/mol. The minimum atomic E-state index is -5.17. The van der Waals surface area contributed by atoms with Crippen molar-refractivity contribution in [1.82, 2.24) is 0 Å². The molecule has 0 amide bonds. The SMILES string of the molecule is CCCCCCCC/C=C\CCCCCCCC[N+](C)(C)C.CCCCCCCC/C=C\CCCCCCCC[N+](C)(C)C.O=S(=O)([O-])[O-]. The van der Waals surface area contributed by atoms with Gasteiger partial charge in [0.2, 0.25) is 0 Å². The van der Waals surface area contributed by atoms with E-state index >= 15 is 0 Å². The van der Waals surface area contributed by atoms with E-state index in [1.807, 2.05) is 0 Å². The van der Waals surface area contributed by atoms with Gasteiger partial charge in [0.15, 0.2) is 0 Å². The first-order valence-corrected chi connectivity index (χ1v) is 22.0. The zero-order valence-electron chi connectivity index (χ0n) is 34.5. The van der Waals surface area contributed by atoms with Gasteiger partial charge in [-0.25, -0.2) is 0 Å². The van der Waals surface area contributed by atoms with Crippen molar-refractivity contribution < 1.29 is 26.5 Å². The summed E-state index contributed by atoms with van der Waals surface area (Å²) in [6.07, 6.45) is 48.8. The second-order valence-electron chi connectivity index (χ2n) is 16.3. The second kappa shape index (κ2) is 38.5. The van der Waals surface area contributed by atoms with E-state index in [1.54, 1.807) is 0 Å². The van der Waals surface area contributed by atoms with Gasteiger partial charge in [-0.05, 0) is 77.0 Å². The minimum absolute atomic E-state index is 1.11. The van der Waals surface area contributed by atoms with Crippen LogP contribution < -0.4 is 0 Å². The van der Waals surface area contributed by atoms with Crippen LogP contribution in [0.4, 0.5) is 0 Å². The molecule has 0 rings (SSSR count). The highest BCUT2D eigenvalue weighted by Crippen LogP contribution is 2.12. The van der Waals surface area contributed by atoms with Crippen LogP contribution in [0.2, 0.25) is 0 Å². The summed E-state index contributed by atoms with van der Waals surface area (Å²) in [7, 11) is 8.57. The molecule has 0 spiro atoms. The van der Waals surface area contributed by atoms with Crippen LogP contribution in [0.1, 0.15) is 194 Å². The summed E-state index contributed by atoms with van der Waals surface area (Å²) in [5, 5.41) is 0. The maximum Gasteiger partial charge on any atom is 0.0780 e. The topological polar surface area (TPSA) is 80.3 Å². The van der Waals surface area contributed by atoms with Crippen LogP contribution in [0.25, 0.3) is 0 Å². The summed E-state index contributed by atoms with van der Waals surface area (Å²) in [6.45, 7) is 7.21. The van der Waals surface area contributed by atoms with Crippen molar-refractivity contribution in [1.29, 1.82) is 0 Å². The first kappa shape index (κ1) is 52.6. The smallest absolute Gasteiger partial charge is 0.0780 e. The number of rotatable bonds is 32. The molecule has 49 heavy (non-hydrogen) atoms. The zero-order chi connectivity index (χ0) is 37.5. The summed E-state index contributed by atoms with van der Waals surface area (Å²) in [5.74, 6) is 0. The Morgan fingerprint density at radius 1 is 0.367 bits per heavy atom. The molecule has 0 aliphatic carbocycles. The lowest BCUT2D eigenvalue weighted by atomic mass is 10.1. The molecule has 0 atom stereocenters. The van der Waals surface area contributed by atoms with Gasteiger partial charge in [0, 0.05) is 10.4 Å². The van der Waals surface area contributed by atoms with Gasteiger partial charge in [0.1, 0.15) is 0 Å². The van der Waals surface area contributed by atoms with Crippen molar-refractivity contribution in [3.8, 4) is 0 Å². The highest BCUT2D eigenvalue weighted by atomic mass is 32.3. The quantitative estimate of drug-likeness (QED) is 0.0228. The molecule has 0 N–H and O–H groups in total. The molecule has 0 aromatic carbocycles. The minimum Gasteiger partial charge on any atom is -0.759 e. The van der Waals surface area contributed by atoms with Crippen molar-refractivity contribution in [2.75, 3.05) is 55.4 Å². The van der Waals surface area contributed by atoms with E-state index in [4.69, 9.17) is 17.5 Å². The Kier molecular flexibility index (Phi) is 41.4. The Morgan fingerprint density at radius 2 is 0.551 bits per heavy atom. The highest BCUT2D eigenvalue weighted by Gasteiger charge is 2.05. The lowest BCUT2D eigenvalue weighted by Gasteiger charge is -2.23. The number of hydrogen-bond donors (Lipinski definition) is 0. The van der Waals surface area contributed by atoms with Crippen LogP contribution in [-0.4, -0.2) is 81.9 Å². The molecule has 0 heterocycles. The van der Waals surface area contributed by atoms with Gasteiger partial charge < -0.3 is 18.1 Å². The monoisotopic (exact) mass is 717 g/mol. The number of unbranched alkanes of at least 4 members (excludes halogenated alkanes) is 24. The Labute approximate surface area is 309 Å². The molecule has 0 fully saturated rings. The highest BCUT2D eigenvalue weighted by molar-refractivity contribution is 7.79. The summed E-state index contributed by atoms with van der Waals surface area (Å²) in [5.41, 5.74) is 0. The van der Waals surface area contributed by atoms with Gasteiger partial charge in [-0.1, -0.05) is 141 Å². The maximum absolute atomic E-state index is 8.52. The van der Waals surface area contributed by atoms with Gasteiger partial charge in [-0.15, -0.1) is 0 Å². The van der Waals surface area contributed by atoms with E-state index < -0.39 is 10.4 Å². The van der Waals surface area contributed by atoms with Crippen molar-refractivity contribution in [2.45, 2.75) is 194 Å². The van der Waals surface area contributed by atoms with Gasteiger partial charge in [-0.3, -0.25) is 8.42 Å². The van der Waals surface area contributed by atoms with E-state index in [0.717, 1.165) is 8.97 Å². The van der Waals surface area contributed by atoms with E-state index in [-0.39, 0.29) is 0 Å². The van der Waals surface area contributed by atoms with Crippen molar-refractivity contribution in [3.05, 3.63) is 24.3 Å². The van der Waals surface area contributed by atoms with Crippen LogP contribution in [-0.2, 0) is 10.4 Å². The lowest BCUT2D eigenvalue weighted by Crippen LogP contribution is -2.35. The molecule has 7 heteroatoms. The fraction of sp³-hybridized carbons (Fsp3) is 0.905. The van der Waals surface area contributed by atoms with Crippen LogP contribution in [0.3, 0.4) is 0 Å². The van der Waals surface area contributed by atoms with Crippen LogP contribution in [0.5, 0.6) is 0 Å². The predicted octanol–water partition coefficient (Wildman–Crippen LogP) is 12.1. The Balaban J connectivity index is -0.000000757. The largest absolute Gasteiger partial charge is 0.759 e. The summed E-state index contributed by atoms with van der Waals surface area (Å²) in [4.78, 5) is 0. The normalized spacial score (nSPS) is 12.3. The van der Waals surface area contributed by atoms with Crippen molar-refractivity contribution in [2.24, 2.45) is 0 Å². The summed E-state index contributed by atoms with van der Waals surface area (Å²) < 4.78 is 36.3. The first-order valence-electron chi connectivity index (χ1n) is 20.7. The molecule has 0 aliphatic rings. The molecule has 0 saturated heterocycles. The standard InChI is InChI=1S/2C21H44N.H2O4S/c2*1-5-6-7-8-9-10-11-12-13-14-15-16-17-18-19-20-21-22(2,3)4;1-5(2,3)4/h2*12-13H,5-11,14-21H2,1-4H3;(H2,1,2,3,4)/q2*+1;/p-2/b2*13-12-;. The molecule has 0 radical (unpaired) electrons. The van der Waals surface area contributed by atoms with E-state index in [0.29, 0.717) is 0 Å². The lowest BCUT2D eigenvalue weighted by molar-refractivity contribution is -0.870. The molecule has 0 saturated carbocycles. The molecule has 296 valence electrons. The molecular formula is C42H88N2O4S. The molecule has 0 aromatic heterocycles. The predicted molar refractivity (Wildman–Crippen MR) is 215 cm³/mol. The fourth-order valence-electron chi connectivity index (χ4n) is 5.67. The van der Waals surface area contributed by atoms with E-state index in [9.17, 15) is 0 Å². The van der Waals surface area contributed by atoms with Gasteiger partial charge in [0.25, 0.3) is 0 Å². The van der Waals surface area contributed by atoms with Crippen LogP contribution in [0, 0.1) is 0 Å². The van der Waals surface area contributed by atoms with E-state index in [2.05, 4.69) is 80.4 Å².